The SMILES string of the molecule is C=CC1CC(=O)Cc2ccccc2N1. The van der Waals surface area contributed by atoms with Gasteiger partial charge in [0.25, 0.3) is 0 Å². The Morgan fingerprint density at radius 3 is 3.00 bits per heavy atom. The fraction of sp³-hybridized carbons (Fsp3) is 0.250. The molecule has 2 heteroatoms. The van der Waals surface area contributed by atoms with Crippen molar-refractivity contribution < 1.29 is 4.79 Å². The molecule has 0 saturated carbocycles. The third kappa shape index (κ3) is 1.69. The minimum atomic E-state index is 0.0751. The molecule has 0 saturated heterocycles. The molecule has 0 aromatic heterocycles. The van der Waals surface area contributed by atoms with Crippen molar-refractivity contribution in [1.29, 1.82) is 0 Å². The second-order valence-electron chi connectivity index (χ2n) is 3.56. The lowest BCUT2D eigenvalue weighted by atomic mass is 10.1. The molecule has 0 spiro atoms. The Balaban J connectivity index is 2.36. The van der Waals surface area contributed by atoms with Crippen LogP contribution in [0.15, 0.2) is 36.9 Å². The number of hydrogen-bond donors (Lipinski definition) is 1. The Morgan fingerprint density at radius 1 is 1.43 bits per heavy atom. The van der Waals surface area contributed by atoms with Crippen LogP contribution in [0.1, 0.15) is 12.0 Å². The lowest BCUT2D eigenvalue weighted by Gasteiger charge is -2.12. The topological polar surface area (TPSA) is 29.1 Å². The summed E-state index contributed by atoms with van der Waals surface area (Å²) in [5.74, 6) is 0.271. The Labute approximate surface area is 83.6 Å². The van der Waals surface area contributed by atoms with Crippen LogP contribution >= 0.6 is 0 Å². The Hall–Kier alpha value is -1.57. The van der Waals surface area contributed by atoms with E-state index in [4.69, 9.17) is 0 Å². The van der Waals surface area contributed by atoms with E-state index in [2.05, 4.69) is 11.9 Å². The standard InChI is InChI=1S/C12H13NO/c1-2-10-8-11(14)7-9-5-3-4-6-12(9)13-10/h2-6,10,13H,1,7-8H2. The first-order valence-electron chi connectivity index (χ1n) is 4.78. The number of carbonyl (C=O) groups excluding carboxylic acids is 1. The summed E-state index contributed by atoms with van der Waals surface area (Å²) in [6.07, 6.45) is 2.87. The van der Waals surface area contributed by atoms with Crippen LogP contribution in [0.4, 0.5) is 5.69 Å². The molecule has 1 unspecified atom stereocenters. The number of benzene rings is 1. The van der Waals surface area contributed by atoms with Gasteiger partial charge in [-0.05, 0) is 11.6 Å². The maximum Gasteiger partial charge on any atom is 0.139 e. The molecule has 2 nitrogen and oxygen atoms in total. The van der Waals surface area contributed by atoms with E-state index >= 15 is 0 Å². The van der Waals surface area contributed by atoms with Gasteiger partial charge >= 0.3 is 0 Å². The first-order chi connectivity index (χ1) is 6.79. The minimum absolute atomic E-state index is 0.0751. The fourth-order valence-electron chi connectivity index (χ4n) is 1.74. The number of para-hydroxylation sites is 1. The van der Waals surface area contributed by atoms with Gasteiger partial charge in [-0.2, -0.15) is 0 Å². The van der Waals surface area contributed by atoms with Crippen molar-refractivity contribution >= 4 is 11.5 Å². The summed E-state index contributed by atoms with van der Waals surface area (Å²) in [5, 5.41) is 3.30. The van der Waals surface area contributed by atoms with Crippen molar-refractivity contribution in [2.75, 3.05) is 5.32 Å². The monoisotopic (exact) mass is 187 g/mol. The molecule has 72 valence electrons. The van der Waals surface area contributed by atoms with Gasteiger partial charge in [-0.3, -0.25) is 4.79 Å². The first kappa shape index (κ1) is 9.00. The number of anilines is 1. The van der Waals surface area contributed by atoms with Crippen molar-refractivity contribution in [3.63, 3.8) is 0 Å². The molecule has 1 aromatic rings. The molecular weight excluding hydrogens is 174 g/mol. The summed E-state index contributed by atoms with van der Waals surface area (Å²) >= 11 is 0. The highest BCUT2D eigenvalue weighted by Gasteiger charge is 2.17. The van der Waals surface area contributed by atoms with Gasteiger partial charge in [0.15, 0.2) is 0 Å². The molecule has 1 aromatic carbocycles. The highest BCUT2D eigenvalue weighted by atomic mass is 16.1. The first-order valence-corrected chi connectivity index (χ1v) is 4.78. The summed E-state index contributed by atoms with van der Waals surface area (Å²) in [7, 11) is 0. The van der Waals surface area contributed by atoms with Crippen molar-refractivity contribution in [3.05, 3.63) is 42.5 Å². The number of carbonyl (C=O) groups is 1. The van der Waals surface area contributed by atoms with Crippen LogP contribution < -0.4 is 5.32 Å². The van der Waals surface area contributed by atoms with Gasteiger partial charge in [-0.25, -0.2) is 0 Å². The van der Waals surface area contributed by atoms with E-state index < -0.39 is 0 Å². The van der Waals surface area contributed by atoms with Crippen molar-refractivity contribution in [3.8, 4) is 0 Å². The predicted octanol–water partition coefficient (Wildman–Crippen LogP) is 2.17. The lowest BCUT2D eigenvalue weighted by molar-refractivity contribution is -0.118. The van der Waals surface area contributed by atoms with Crippen molar-refractivity contribution in [2.45, 2.75) is 18.9 Å². The number of nitrogens with one attached hydrogen (secondary N) is 1. The molecule has 1 aliphatic heterocycles. The highest BCUT2D eigenvalue weighted by Crippen LogP contribution is 2.22. The Morgan fingerprint density at radius 2 is 2.21 bits per heavy atom. The Kier molecular flexibility index (Phi) is 2.35. The molecule has 0 fully saturated rings. The molecule has 1 aliphatic rings. The van der Waals surface area contributed by atoms with Crippen LogP contribution in [0.25, 0.3) is 0 Å². The zero-order chi connectivity index (χ0) is 9.97. The van der Waals surface area contributed by atoms with Gasteiger partial charge in [0.1, 0.15) is 5.78 Å². The summed E-state index contributed by atoms with van der Waals surface area (Å²) < 4.78 is 0. The lowest BCUT2D eigenvalue weighted by Crippen LogP contribution is -2.17. The minimum Gasteiger partial charge on any atom is -0.378 e. The maximum atomic E-state index is 11.5. The second-order valence-corrected chi connectivity index (χ2v) is 3.56. The average molecular weight is 187 g/mol. The summed E-state index contributed by atoms with van der Waals surface area (Å²) in [4.78, 5) is 11.5. The van der Waals surface area contributed by atoms with Crippen LogP contribution in [0.5, 0.6) is 0 Å². The quantitative estimate of drug-likeness (QED) is 0.683. The van der Waals surface area contributed by atoms with Gasteiger partial charge in [0.05, 0.1) is 6.04 Å². The zero-order valence-electron chi connectivity index (χ0n) is 7.99. The van der Waals surface area contributed by atoms with E-state index in [1.807, 2.05) is 24.3 Å². The van der Waals surface area contributed by atoms with Crippen molar-refractivity contribution in [1.82, 2.24) is 0 Å². The smallest absolute Gasteiger partial charge is 0.139 e. The van der Waals surface area contributed by atoms with Crippen LogP contribution in [-0.4, -0.2) is 11.8 Å². The number of rotatable bonds is 1. The van der Waals surface area contributed by atoms with E-state index in [9.17, 15) is 4.79 Å². The molecule has 14 heavy (non-hydrogen) atoms. The predicted molar refractivity (Wildman–Crippen MR) is 57.4 cm³/mol. The molecule has 1 N–H and O–H groups in total. The van der Waals surface area contributed by atoms with Crippen LogP contribution in [-0.2, 0) is 11.2 Å². The molecule has 1 atom stereocenters. The molecule has 2 rings (SSSR count). The van der Waals surface area contributed by atoms with Gasteiger partial charge in [0.2, 0.25) is 0 Å². The van der Waals surface area contributed by atoms with E-state index in [0.717, 1.165) is 11.3 Å². The normalized spacial score (nSPS) is 20.6. The van der Waals surface area contributed by atoms with Crippen LogP contribution in [0.3, 0.4) is 0 Å². The molecule has 0 amide bonds. The molecule has 0 aliphatic carbocycles. The van der Waals surface area contributed by atoms with E-state index in [1.165, 1.54) is 0 Å². The second kappa shape index (κ2) is 3.66. The van der Waals surface area contributed by atoms with Crippen LogP contribution in [0.2, 0.25) is 0 Å². The molecule has 0 radical (unpaired) electrons. The highest BCUT2D eigenvalue weighted by molar-refractivity contribution is 5.85. The van der Waals surface area contributed by atoms with Crippen molar-refractivity contribution in [2.24, 2.45) is 0 Å². The van der Waals surface area contributed by atoms with Gasteiger partial charge in [-0.1, -0.05) is 24.3 Å². The number of Topliss-reactive ketones (excluding diaryl/α,β-unsaturated/α-hetero) is 1. The molecule has 1 heterocycles. The summed E-state index contributed by atoms with van der Waals surface area (Å²) in [6.45, 7) is 3.72. The number of fused-ring (bicyclic) bond motifs is 1. The number of ketones is 1. The molecular formula is C12H13NO. The third-order valence-corrected chi connectivity index (χ3v) is 2.48. The zero-order valence-corrected chi connectivity index (χ0v) is 7.99. The van der Waals surface area contributed by atoms with Gasteiger partial charge < -0.3 is 5.32 Å². The van der Waals surface area contributed by atoms with Gasteiger partial charge in [-0.15, -0.1) is 6.58 Å². The van der Waals surface area contributed by atoms with E-state index in [1.54, 1.807) is 6.08 Å². The van der Waals surface area contributed by atoms with Crippen LogP contribution in [0, 0.1) is 0 Å². The Bertz CT molecular complexity index is 370. The van der Waals surface area contributed by atoms with E-state index in [0.29, 0.717) is 12.8 Å². The average Bonchev–Trinajstić information content (AvgIpc) is 2.35. The third-order valence-electron chi connectivity index (χ3n) is 2.48. The summed E-state index contributed by atoms with van der Waals surface area (Å²) in [6, 6.07) is 8.01. The maximum absolute atomic E-state index is 11.5. The largest absolute Gasteiger partial charge is 0.378 e. The molecule has 0 bridgehead atoms. The van der Waals surface area contributed by atoms with E-state index in [-0.39, 0.29) is 11.8 Å². The fourth-order valence-corrected chi connectivity index (χ4v) is 1.74. The number of hydrogen-bond acceptors (Lipinski definition) is 2. The van der Waals surface area contributed by atoms with Gasteiger partial charge in [0, 0.05) is 18.5 Å². The summed E-state index contributed by atoms with van der Waals surface area (Å²) in [5.41, 5.74) is 2.14.